The molecule has 0 aliphatic heterocycles. The fraction of sp³-hybridized carbons (Fsp3) is 0.571. The fourth-order valence-corrected chi connectivity index (χ4v) is 2.87. The van der Waals surface area contributed by atoms with Gasteiger partial charge in [0.05, 0.1) is 6.04 Å². The third-order valence-corrected chi connectivity index (χ3v) is 3.94. The lowest BCUT2D eigenvalue weighted by Crippen LogP contribution is -2.47. The van der Waals surface area contributed by atoms with Gasteiger partial charge in [0.15, 0.2) is 0 Å². The number of carboxylic acids is 1. The minimum Gasteiger partial charge on any atom is -0.480 e. The van der Waals surface area contributed by atoms with Crippen LogP contribution in [0.25, 0.3) is 0 Å². The van der Waals surface area contributed by atoms with E-state index in [2.05, 4.69) is 10.6 Å². The number of hydrogen-bond acceptors (Lipinski definition) is 3. The maximum Gasteiger partial charge on any atom is 0.326 e. The second-order valence-corrected chi connectivity index (χ2v) is 6.01. The lowest BCUT2D eigenvalue weighted by atomic mass is 10.0. The van der Waals surface area contributed by atoms with Crippen LogP contribution in [-0.4, -0.2) is 23.1 Å². The molecule has 3 N–H and O–H groups in total. The highest BCUT2D eigenvalue weighted by Gasteiger charge is 2.23. The molecule has 6 heteroatoms. The van der Waals surface area contributed by atoms with E-state index in [1.807, 2.05) is 38.3 Å². The number of carbonyl (C=O) groups is 2. The van der Waals surface area contributed by atoms with Gasteiger partial charge in [0.2, 0.25) is 0 Å². The standard InChI is InChI=1S/C14H22N2O3S/c1-4-6-10(13(17)18)15-14(19)16-12(9(2)3)11-7-5-8-20-11/h5,7-10,12H,4,6H2,1-3H3,(H,17,18)(H2,15,16,19)/t10-,12?/m1/s1. The van der Waals surface area contributed by atoms with Crippen molar-refractivity contribution in [3.63, 3.8) is 0 Å². The first-order valence-corrected chi connectivity index (χ1v) is 7.66. The highest BCUT2D eigenvalue weighted by Crippen LogP contribution is 2.25. The van der Waals surface area contributed by atoms with E-state index in [9.17, 15) is 9.59 Å². The molecule has 0 saturated carbocycles. The Morgan fingerprint density at radius 3 is 2.50 bits per heavy atom. The minimum absolute atomic E-state index is 0.105. The van der Waals surface area contributed by atoms with E-state index in [1.165, 1.54) is 0 Å². The molecule has 20 heavy (non-hydrogen) atoms. The van der Waals surface area contributed by atoms with Crippen LogP contribution in [0.2, 0.25) is 0 Å². The van der Waals surface area contributed by atoms with Gasteiger partial charge < -0.3 is 15.7 Å². The van der Waals surface area contributed by atoms with Crippen LogP contribution >= 0.6 is 11.3 Å². The number of amides is 2. The summed E-state index contributed by atoms with van der Waals surface area (Å²) in [4.78, 5) is 24.1. The van der Waals surface area contributed by atoms with Crippen molar-refractivity contribution in [1.29, 1.82) is 0 Å². The van der Waals surface area contributed by atoms with E-state index in [1.54, 1.807) is 11.3 Å². The topological polar surface area (TPSA) is 78.4 Å². The summed E-state index contributed by atoms with van der Waals surface area (Å²) < 4.78 is 0. The molecule has 0 spiro atoms. The Morgan fingerprint density at radius 2 is 2.05 bits per heavy atom. The van der Waals surface area contributed by atoms with Gasteiger partial charge in [-0.1, -0.05) is 33.3 Å². The number of thiophene rings is 1. The number of hydrogen-bond donors (Lipinski definition) is 3. The van der Waals surface area contributed by atoms with Crippen molar-refractivity contribution in [2.45, 2.75) is 45.7 Å². The maximum atomic E-state index is 12.0. The predicted octanol–water partition coefficient (Wildman–Crippen LogP) is 3.00. The van der Waals surface area contributed by atoms with Crippen molar-refractivity contribution in [3.05, 3.63) is 22.4 Å². The molecule has 0 fully saturated rings. The second-order valence-electron chi connectivity index (χ2n) is 5.03. The Labute approximate surface area is 123 Å². The van der Waals surface area contributed by atoms with Crippen LogP contribution in [0.5, 0.6) is 0 Å². The molecule has 112 valence electrons. The van der Waals surface area contributed by atoms with Gasteiger partial charge in [0.25, 0.3) is 0 Å². The lowest BCUT2D eigenvalue weighted by molar-refractivity contribution is -0.139. The van der Waals surface area contributed by atoms with Crippen molar-refractivity contribution in [1.82, 2.24) is 10.6 Å². The van der Waals surface area contributed by atoms with E-state index in [-0.39, 0.29) is 12.0 Å². The van der Waals surface area contributed by atoms with Crippen molar-refractivity contribution >= 4 is 23.3 Å². The summed E-state index contributed by atoms with van der Waals surface area (Å²) >= 11 is 1.58. The lowest BCUT2D eigenvalue weighted by Gasteiger charge is -2.23. The second kappa shape index (κ2) is 7.89. The van der Waals surface area contributed by atoms with Crippen LogP contribution in [0, 0.1) is 5.92 Å². The van der Waals surface area contributed by atoms with Crippen molar-refractivity contribution in [2.24, 2.45) is 5.92 Å². The van der Waals surface area contributed by atoms with E-state index < -0.39 is 18.0 Å². The molecule has 0 saturated heterocycles. The molecule has 1 aromatic heterocycles. The van der Waals surface area contributed by atoms with Gasteiger partial charge >= 0.3 is 12.0 Å². The summed E-state index contributed by atoms with van der Waals surface area (Å²) in [5.74, 6) is -0.770. The Morgan fingerprint density at radius 1 is 1.35 bits per heavy atom. The molecule has 1 rings (SSSR count). The molecular formula is C14H22N2O3S. The van der Waals surface area contributed by atoms with E-state index in [0.717, 1.165) is 4.88 Å². The van der Waals surface area contributed by atoms with E-state index in [4.69, 9.17) is 5.11 Å². The Balaban J connectivity index is 2.65. The molecule has 0 aliphatic rings. The molecule has 2 atom stereocenters. The highest BCUT2D eigenvalue weighted by molar-refractivity contribution is 7.10. The largest absolute Gasteiger partial charge is 0.480 e. The number of urea groups is 1. The van der Waals surface area contributed by atoms with Crippen LogP contribution in [0.3, 0.4) is 0 Å². The Kier molecular flexibility index (Phi) is 6.51. The molecule has 0 aliphatic carbocycles. The van der Waals surface area contributed by atoms with Crippen LogP contribution in [0.4, 0.5) is 4.79 Å². The van der Waals surface area contributed by atoms with E-state index >= 15 is 0 Å². The zero-order valence-electron chi connectivity index (χ0n) is 12.1. The molecule has 0 aromatic carbocycles. The van der Waals surface area contributed by atoms with Crippen LogP contribution in [-0.2, 0) is 4.79 Å². The molecular weight excluding hydrogens is 276 g/mol. The number of carbonyl (C=O) groups excluding carboxylic acids is 1. The molecule has 0 bridgehead atoms. The monoisotopic (exact) mass is 298 g/mol. The third kappa shape index (κ3) is 4.85. The van der Waals surface area contributed by atoms with Gasteiger partial charge in [0.1, 0.15) is 6.04 Å². The molecule has 1 heterocycles. The number of nitrogens with one attached hydrogen (secondary N) is 2. The highest BCUT2D eigenvalue weighted by atomic mass is 32.1. The first-order valence-electron chi connectivity index (χ1n) is 6.79. The number of rotatable bonds is 7. The number of aliphatic carboxylic acids is 1. The van der Waals surface area contributed by atoms with Gasteiger partial charge in [-0.3, -0.25) is 0 Å². The van der Waals surface area contributed by atoms with Crippen LogP contribution < -0.4 is 10.6 Å². The van der Waals surface area contributed by atoms with E-state index in [0.29, 0.717) is 12.8 Å². The summed E-state index contributed by atoms with van der Waals surface area (Å²) in [7, 11) is 0. The number of carboxylic acid groups (broad SMARTS) is 1. The summed E-state index contributed by atoms with van der Waals surface area (Å²) in [6.45, 7) is 5.93. The van der Waals surface area contributed by atoms with Gasteiger partial charge in [-0.05, 0) is 23.8 Å². The van der Waals surface area contributed by atoms with Crippen molar-refractivity contribution in [3.8, 4) is 0 Å². The molecule has 1 aromatic rings. The van der Waals surface area contributed by atoms with Crippen LogP contribution in [0.15, 0.2) is 17.5 Å². The average Bonchev–Trinajstić information content (AvgIpc) is 2.88. The third-order valence-electron chi connectivity index (χ3n) is 2.98. The normalized spacial score (nSPS) is 13.8. The first-order chi connectivity index (χ1) is 9.45. The molecule has 2 amide bonds. The summed E-state index contributed by atoms with van der Waals surface area (Å²) in [6, 6.07) is 2.53. The van der Waals surface area contributed by atoms with Gasteiger partial charge in [0, 0.05) is 4.88 Å². The van der Waals surface area contributed by atoms with Gasteiger partial charge in [-0.25, -0.2) is 9.59 Å². The molecule has 5 nitrogen and oxygen atoms in total. The predicted molar refractivity (Wildman–Crippen MR) is 79.9 cm³/mol. The summed E-state index contributed by atoms with van der Waals surface area (Å²) in [5.41, 5.74) is 0. The maximum absolute atomic E-state index is 12.0. The smallest absolute Gasteiger partial charge is 0.326 e. The first kappa shape index (κ1) is 16.5. The zero-order chi connectivity index (χ0) is 15.1. The average molecular weight is 298 g/mol. The Bertz CT molecular complexity index is 432. The molecule has 0 radical (unpaired) electrons. The van der Waals surface area contributed by atoms with Gasteiger partial charge in [-0.15, -0.1) is 11.3 Å². The van der Waals surface area contributed by atoms with Crippen molar-refractivity contribution < 1.29 is 14.7 Å². The fourth-order valence-electron chi connectivity index (χ4n) is 1.92. The molecule has 1 unspecified atom stereocenters. The Hall–Kier alpha value is -1.56. The SMILES string of the molecule is CCC[C@@H](NC(=O)NC(c1cccs1)C(C)C)C(=O)O. The summed E-state index contributed by atoms with van der Waals surface area (Å²) in [6.07, 6.45) is 1.13. The summed E-state index contributed by atoms with van der Waals surface area (Å²) in [5, 5.41) is 16.4. The van der Waals surface area contributed by atoms with Gasteiger partial charge in [-0.2, -0.15) is 0 Å². The van der Waals surface area contributed by atoms with Crippen molar-refractivity contribution in [2.75, 3.05) is 0 Å². The minimum atomic E-state index is -1.00. The zero-order valence-corrected chi connectivity index (χ0v) is 12.9. The quantitative estimate of drug-likeness (QED) is 0.724. The van der Waals surface area contributed by atoms with Crippen LogP contribution in [0.1, 0.15) is 44.5 Å².